The number of nitrogens with one attached hydrogen (secondary N) is 1. The molecule has 1 heterocycles. The Morgan fingerprint density at radius 2 is 2.05 bits per heavy atom. The van der Waals surface area contributed by atoms with E-state index in [1.54, 1.807) is 18.5 Å². The number of carbonyl (C=O) groups is 1. The highest BCUT2D eigenvalue weighted by atomic mass is 16.5. The molecule has 21 heavy (non-hydrogen) atoms. The van der Waals surface area contributed by atoms with Crippen LogP contribution in [0.1, 0.15) is 12.0 Å². The quantitative estimate of drug-likeness (QED) is 0.815. The van der Waals surface area contributed by atoms with Crippen molar-refractivity contribution < 1.29 is 9.53 Å². The van der Waals surface area contributed by atoms with Crippen LogP contribution in [0.3, 0.4) is 0 Å². The molecule has 0 aliphatic rings. The van der Waals surface area contributed by atoms with Crippen molar-refractivity contribution in [2.45, 2.75) is 12.8 Å². The lowest BCUT2D eigenvalue weighted by molar-refractivity contribution is -0.116. The minimum absolute atomic E-state index is 0.0252. The number of carbonyl (C=O) groups excluding carboxylic acids is 1. The minimum Gasteiger partial charge on any atom is -0.492 e. The molecule has 0 saturated carbocycles. The van der Waals surface area contributed by atoms with Gasteiger partial charge in [0.25, 0.3) is 0 Å². The van der Waals surface area contributed by atoms with E-state index < -0.39 is 0 Å². The molecule has 0 radical (unpaired) electrons. The molecule has 0 aliphatic carbocycles. The third-order valence-electron chi connectivity index (χ3n) is 2.89. The number of amides is 1. The normalized spacial score (nSPS) is 10.1. The summed E-state index contributed by atoms with van der Waals surface area (Å²) in [5.74, 6) is 0.676. The summed E-state index contributed by atoms with van der Waals surface area (Å²) < 4.78 is 5.42. The number of hydrogen-bond acceptors (Lipinski definition) is 4. The van der Waals surface area contributed by atoms with Crippen LogP contribution in [0.5, 0.6) is 5.75 Å². The lowest BCUT2D eigenvalue weighted by Crippen LogP contribution is -2.13. The molecule has 1 aromatic heterocycles. The van der Waals surface area contributed by atoms with Crippen LogP contribution in [0.15, 0.2) is 48.8 Å². The fourth-order valence-electron chi connectivity index (χ4n) is 1.87. The number of aromatic nitrogens is 1. The maximum Gasteiger partial charge on any atom is 0.224 e. The molecule has 0 bridgehead atoms. The number of hydrogen-bond donors (Lipinski definition) is 2. The van der Waals surface area contributed by atoms with Crippen molar-refractivity contribution in [1.29, 1.82) is 0 Å². The van der Waals surface area contributed by atoms with Gasteiger partial charge in [0.05, 0.1) is 0 Å². The van der Waals surface area contributed by atoms with Gasteiger partial charge in [0, 0.05) is 37.1 Å². The SMILES string of the molecule is NCCOc1cccc(NC(=O)CCc2ccncc2)c1. The van der Waals surface area contributed by atoms with Gasteiger partial charge in [-0.05, 0) is 36.2 Å². The fraction of sp³-hybridized carbons (Fsp3) is 0.250. The number of anilines is 1. The Bertz CT molecular complexity index is 573. The third kappa shape index (κ3) is 5.24. The van der Waals surface area contributed by atoms with Crippen molar-refractivity contribution in [3.8, 4) is 5.75 Å². The lowest BCUT2D eigenvalue weighted by atomic mass is 10.1. The van der Waals surface area contributed by atoms with Crippen molar-refractivity contribution in [2.75, 3.05) is 18.5 Å². The van der Waals surface area contributed by atoms with Crippen LogP contribution in [0.4, 0.5) is 5.69 Å². The first-order valence-corrected chi connectivity index (χ1v) is 6.89. The molecular weight excluding hydrogens is 266 g/mol. The molecule has 0 saturated heterocycles. The number of nitrogens with two attached hydrogens (primary N) is 1. The molecule has 0 unspecified atom stereocenters. The fourth-order valence-corrected chi connectivity index (χ4v) is 1.87. The second-order valence-corrected chi connectivity index (χ2v) is 4.57. The van der Waals surface area contributed by atoms with E-state index >= 15 is 0 Å². The minimum atomic E-state index is -0.0252. The maximum absolute atomic E-state index is 11.9. The summed E-state index contributed by atoms with van der Waals surface area (Å²) in [6, 6.07) is 11.1. The molecule has 0 aliphatic heterocycles. The van der Waals surface area contributed by atoms with Crippen molar-refractivity contribution in [2.24, 2.45) is 5.73 Å². The van der Waals surface area contributed by atoms with Gasteiger partial charge >= 0.3 is 0 Å². The summed E-state index contributed by atoms with van der Waals surface area (Å²) in [5.41, 5.74) is 7.21. The topological polar surface area (TPSA) is 77.2 Å². The summed E-state index contributed by atoms with van der Waals surface area (Å²) >= 11 is 0. The van der Waals surface area contributed by atoms with E-state index in [2.05, 4.69) is 10.3 Å². The number of aryl methyl sites for hydroxylation is 1. The van der Waals surface area contributed by atoms with Crippen molar-refractivity contribution >= 4 is 11.6 Å². The predicted octanol–water partition coefficient (Wildman–Crippen LogP) is 1.99. The average Bonchev–Trinajstić information content (AvgIpc) is 2.52. The smallest absolute Gasteiger partial charge is 0.224 e. The Balaban J connectivity index is 1.84. The summed E-state index contributed by atoms with van der Waals surface area (Å²) in [7, 11) is 0. The van der Waals surface area contributed by atoms with Gasteiger partial charge in [0.15, 0.2) is 0 Å². The van der Waals surface area contributed by atoms with Crippen LogP contribution in [-0.2, 0) is 11.2 Å². The van der Waals surface area contributed by atoms with Gasteiger partial charge in [0.2, 0.25) is 5.91 Å². The molecule has 0 fully saturated rings. The van der Waals surface area contributed by atoms with Crippen LogP contribution >= 0.6 is 0 Å². The maximum atomic E-state index is 11.9. The second kappa shape index (κ2) is 8.01. The van der Waals surface area contributed by atoms with Gasteiger partial charge < -0.3 is 15.8 Å². The van der Waals surface area contributed by atoms with E-state index in [1.165, 1.54) is 0 Å². The highest BCUT2D eigenvalue weighted by Crippen LogP contribution is 2.17. The number of benzene rings is 1. The Morgan fingerprint density at radius 3 is 2.81 bits per heavy atom. The first kappa shape index (κ1) is 15.0. The molecule has 1 amide bonds. The van der Waals surface area contributed by atoms with E-state index in [4.69, 9.17) is 10.5 Å². The van der Waals surface area contributed by atoms with Gasteiger partial charge in [-0.25, -0.2) is 0 Å². The molecule has 5 nitrogen and oxygen atoms in total. The largest absolute Gasteiger partial charge is 0.492 e. The van der Waals surface area contributed by atoms with Gasteiger partial charge in [-0.3, -0.25) is 9.78 Å². The number of rotatable bonds is 7. The molecule has 3 N–H and O–H groups in total. The van der Waals surface area contributed by atoms with Crippen LogP contribution in [-0.4, -0.2) is 24.0 Å². The molecule has 1 aromatic carbocycles. The van der Waals surface area contributed by atoms with Crippen molar-refractivity contribution in [3.05, 3.63) is 54.4 Å². The first-order valence-electron chi connectivity index (χ1n) is 6.89. The Labute approximate surface area is 124 Å². The van der Waals surface area contributed by atoms with E-state index in [-0.39, 0.29) is 5.91 Å². The molecule has 5 heteroatoms. The Morgan fingerprint density at radius 1 is 1.24 bits per heavy atom. The zero-order chi connectivity index (χ0) is 14.9. The van der Waals surface area contributed by atoms with Crippen LogP contribution in [0, 0.1) is 0 Å². The molecule has 110 valence electrons. The number of nitrogens with zero attached hydrogens (tertiary/aromatic N) is 1. The molecule has 2 rings (SSSR count). The zero-order valence-electron chi connectivity index (χ0n) is 11.8. The highest BCUT2D eigenvalue weighted by Gasteiger charge is 2.04. The predicted molar refractivity (Wildman–Crippen MR) is 82.2 cm³/mol. The third-order valence-corrected chi connectivity index (χ3v) is 2.89. The molecular formula is C16H19N3O2. The van der Waals surface area contributed by atoms with Crippen molar-refractivity contribution in [1.82, 2.24) is 4.98 Å². The van der Waals surface area contributed by atoms with Gasteiger partial charge in [-0.1, -0.05) is 6.07 Å². The van der Waals surface area contributed by atoms with Gasteiger partial charge in [-0.15, -0.1) is 0 Å². The Hall–Kier alpha value is -2.40. The lowest BCUT2D eigenvalue weighted by Gasteiger charge is -2.08. The van der Waals surface area contributed by atoms with Crippen molar-refractivity contribution in [3.63, 3.8) is 0 Å². The summed E-state index contributed by atoms with van der Waals surface area (Å²) in [6.07, 6.45) is 4.58. The van der Waals surface area contributed by atoms with Gasteiger partial charge in [-0.2, -0.15) is 0 Å². The van der Waals surface area contributed by atoms with E-state index in [9.17, 15) is 4.79 Å². The van der Waals surface area contributed by atoms with E-state index in [0.29, 0.717) is 31.7 Å². The highest BCUT2D eigenvalue weighted by molar-refractivity contribution is 5.91. The second-order valence-electron chi connectivity index (χ2n) is 4.57. The van der Waals surface area contributed by atoms with Crippen LogP contribution < -0.4 is 15.8 Å². The number of pyridine rings is 1. The van der Waals surface area contributed by atoms with Crippen LogP contribution in [0.25, 0.3) is 0 Å². The first-order chi connectivity index (χ1) is 10.3. The van der Waals surface area contributed by atoms with Gasteiger partial charge in [0.1, 0.15) is 12.4 Å². The Kier molecular flexibility index (Phi) is 5.72. The van der Waals surface area contributed by atoms with Crippen LogP contribution in [0.2, 0.25) is 0 Å². The average molecular weight is 285 g/mol. The summed E-state index contributed by atoms with van der Waals surface area (Å²) in [4.78, 5) is 15.9. The molecule has 0 spiro atoms. The van der Waals surface area contributed by atoms with E-state index in [0.717, 1.165) is 11.3 Å². The molecule has 2 aromatic rings. The molecule has 0 atom stereocenters. The zero-order valence-corrected chi connectivity index (χ0v) is 11.8. The summed E-state index contributed by atoms with van der Waals surface area (Å²) in [5, 5.41) is 2.86. The summed E-state index contributed by atoms with van der Waals surface area (Å²) in [6.45, 7) is 0.919. The monoisotopic (exact) mass is 285 g/mol. The van der Waals surface area contributed by atoms with E-state index in [1.807, 2.05) is 30.3 Å². The standard InChI is InChI=1S/C16H19N3O2/c17-8-11-21-15-3-1-2-14(12-15)19-16(20)5-4-13-6-9-18-10-7-13/h1-3,6-7,9-10,12H,4-5,8,11,17H2,(H,19,20). The number of ether oxygens (including phenoxy) is 1.